The van der Waals surface area contributed by atoms with Gasteiger partial charge in [0.1, 0.15) is 12.4 Å². The van der Waals surface area contributed by atoms with Crippen molar-refractivity contribution in [2.45, 2.75) is 32.2 Å². The van der Waals surface area contributed by atoms with Gasteiger partial charge in [-0.2, -0.15) is 0 Å². The van der Waals surface area contributed by atoms with Crippen molar-refractivity contribution in [2.24, 2.45) is 0 Å². The fraction of sp³-hybridized carbons (Fsp3) is 0.467. The minimum Gasteiger partial charge on any atom is -0.490 e. The zero-order valence-electron chi connectivity index (χ0n) is 10.5. The lowest BCUT2D eigenvalue weighted by atomic mass is 9.87. The molecule has 2 rings (SSSR count). The van der Waals surface area contributed by atoms with Crippen LogP contribution in [0.5, 0.6) is 5.75 Å². The highest BCUT2D eigenvalue weighted by Crippen LogP contribution is 2.32. The van der Waals surface area contributed by atoms with Gasteiger partial charge in [-0.3, -0.25) is 0 Å². The fourth-order valence-corrected chi connectivity index (χ4v) is 2.49. The quantitative estimate of drug-likeness (QED) is 0.785. The summed E-state index contributed by atoms with van der Waals surface area (Å²) < 4.78 is 5.58. The smallest absolute Gasteiger partial charge is 0.120 e. The van der Waals surface area contributed by atoms with Gasteiger partial charge in [0.15, 0.2) is 0 Å². The molecular weight excluding hydrogens is 210 g/mol. The monoisotopic (exact) mass is 231 g/mol. The standard InChI is InChI=1S/C15H21NO/c1-3-10-17-13-8-9-14-12(11-13)6-5-7-15(14)16-4-2/h3,8-9,11,15-16H,1,4-7,10H2,2H3. The van der Waals surface area contributed by atoms with Crippen molar-refractivity contribution in [1.29, 1.82) is 0 Å². The van der Waals surface area contributed by atoms with Crippen molar-refractivity contribution < 1.29 is 4.74 Å². The number of hydrogen-bond acceptors (Lipinski definition) is 2. The SMILES string of the molecule is C=CCOc1ccc2c(c1)CCCC2NCC. The Hall–Kier alpha value is -1.28. The lowest BCUT2D eigenvalue weighted by Gasteiger charge is -2.26. The van der Waals surface area contributed by atoms with Crippen LogP contribution >= 0.6 is 0 Å². The Morgan fingerprint density at radius 3 is 3.18 bits per heavy atom. The first-order valence-corrected chi connectivity index (χ1v) is 6.45. The molecule has 1 aromatic rings. The molecule has 0 bridgehead atoms. The summed E-state index contributed by atoms with van der Waals surface area (Å²) in [5.41, 5.74) is 2.88. The average Bonchev–Trinajstić information content (AvgIpc) is 2.37. The lowest BCUT2D eigenvalue weighted by molar-refractivity contribution is 0.361. The Labute approximate surface area is 104 Å². The van der Waals surface area contributed by atoms with Crippen molar-refractivity contribution in [3.8, 4) is 5.75 Å². The highest BCUT2D eigenvalue weighted by Gasteiger charge is 2.19. The first kappa shape index (κ1) is 12.2. The van der Waals surface area contributed by atoms with Crippen molar-refractivity contribution in [1.82, 2.24) is 5.32 Å². The maximum Gasteiger partial charge on any atom is 0.120 e. The molecular formula is C15H21NO. The molecule has 2 heteroatoms. The number of rotatable bonds is 5. The van der Waals surface area contributed by atoms with Crippen LogP contribution in [0.4, 0.5) is 0 Å². The van der Waals surface area contributed by atoms with Crippen molar-refractivity contribution >= 4 is 0 Å². The van der Waals surface area contributed by atoms with E-state index in [4.69, 9.17) is 4.74 Å². The summed E-state index contributed by atoms with van der Waals surface area (Å²) in [6.45, 7) is 7.43. The Morgan fingerprint density at radius 2 is 2.41 bits per heavy atom. The zero-order chi connectivity index (χ0) is 12.1. The van der Waals surface area contributed by atoms with Crippen LogP contribution in [0.15, 0.2) is 30.9 Å². The summed E-state index contributed by atoms with van der Waals surface area (Å²) in [6.07, 6.45) is 5.45. The summed E-state index contributed by atoms with van der Waals surface area (Å²) >= 11 is 0. The Balaban J connectivity index is 2.17. The molecule has 1 unspecified atom stereocenters. The van der Waals surface area contributed by atoms with Gasteiger partial charge in [0, 0.05) is 6.04 Å². The third-order valence-corrected chi connectivity index (χ3v) is 3.25. The van der Waals surface area contributed by atoms with E-state index in [0.29, 0.717) is 12.6 Å². The predicted octanol–water partition coefficient (Wildman–Crippen LogP) is 3.24. The number of aryl methyl sites for hydroxylation is 1. The molecule has 1 aliphatic rings. The minimum absolute atomic E-state index is 0.525. The van der Waals surface area contributed by atoms with Crippen molar-refractivity contribution in [3.05, 3.63) is 42.0 Å². The molecule has 1 N–H and O–H groups in total. The van der Waals surface area contributed by atoms with Gasteiger partial charge in [-0.1, -0.05) is 25.6 Å². The summed E-state index contributed by atoms with van der Waals surface area (Å²) in [4.78, 5) is 0. The van der Waals surface area contributed by atoms with Crippen molar-refractivity contribution in [3.63, 3.8) is 0 Å². The van der Waals surface area contributed by atoms with E-state index in [-0.39, 0.29) is 0 Å². The van der Waals surface area contributed by atoms with E-state index in [0.717, 1.165) is 12.3 Å². The van der Waals surface area contributed by atoms with Gasteiger partial charge in [0.05, 0.1) is 0 Å². The van der Waals surface area contributed by atoms with E-state index in [1.54, 1.807) is 6.08 Å². The van der Waals surface area contributed by atoms with Gasteiger partial charge in [-0.15, -0.1) is 0 Å². The predicted molar refractivity (Wildman–Crippen MR) is 71.5 cm³/mol. The molecule has 0 fully saturated rings. The number of benzene rings is 1. The summed E-state index contributed by atoms with van der Waals surface area (Å²) in [5, 5.41) is 3.55. The second-order valence-electron chi connectivity index (χ2n) is 4.46. The first-order valence-electron chi connectivity index (χ1n) is 6.45. The molecule has 0 aromatic heterocycles. The van der Waals surface area contributed by atoms with E-state index in [1.165, 1.54) is 30.4 Å². The molecule has 0 saturated heterocycles. The van der Waals surface area contributed by atoms with E-state index in [1.807, 2.05) is 0 Å². The maximum absolute atomic E-state index is 5.58. The van der Waals surface area contributed by atoms with Crippen LogP contribution in [0.1, 0.15) is 36.9 Å². The first-order chi connectivity index (χ1) is 8.35. The molecule has 2 nitrogen and oxygen atoms in total. The van der Waals surface area contributed by atoms with Crippen LogP contribution in [-0.2, 0) is 6.42 Å². The van der Waals surface area contributed by atoms with Crippen LogP contribution in [0, 0.1) is 0 Å². The van der Waals surface area contributed by atoms with Gasteiger partial charge in [-0.05, 0) is 49.1 Å². The summed E-state index contributed by atoms with van der Waals surface area (Å²) in [5.74, 6) is 0.959. The number of nitrogens with one attached hydrogen (secondary N) is 1. The molecule has 0 saturated carbocycles. The molecule has 1 atom stereocenters. The largest absolute Gasteiger partial charge is 0.490 e. The van der Waals surface area contributed by atoms with E-state index in [2.05, 4.69) is 37.0 Å². The van der Waals surface area contributed by atoms with E-state index >= 15 is 0 Å². The van der Waals surface area contributed by atoms with E-state index < -0.39 is 0 Å². The van der Waals surface area contributed by atoms with Gasteiger partial charge in [0.25, 0.3) is 0 Å². The molecule has 1 aliphatic carbocycles. The Morgan fingerprint density at radius 1 is 1.53 bits per heavy atom. The average molecular weight is 231 g/mol. The van der Waals surface area contributed by atoms with Gasteiger partial charge in [-0.25, -0.2) is 0 Å². The van der Waals surface area contributed by atoms with Gasteiger partial charge >= 0.3 is 0 Å². The highest BCUT2D eigenvalue weighted by molar-refractivity contribution is 5.39. The normalized spacial score (nSPS) is 18.5. The maximum atomic E-state index is 5.58. The topological polar surface area (TPSA) is 21.3 Å². The summed E-state index contributed by atoms with van der Waals surface area (Å²) in [6, 6.07) is 6.98. The molecule has 0 amide bonds. The molecule has 92 valence electrons. The van der Waals surface area contributed by atoms with Crippen LogP contribution < -0.4 is 10.1 Å². The molecule has 0 heterocycles. The zero-order valence-corrected chi connectivity index (χ0v) is 10.5. The third kappa shape index (κ3) is 2.89. The van der Waals surface area contributed by atoms with E-state index in [9.17, 15) is 0 Å². The second-order valence-corrected chi connectivity index (χ2v) is 4.46. The van der Waals surface area contributed by atoms with Crippen LogP contribution in [-0.4, -0.2) is 13.2 Å². The van der Waals surface area contributed by atoms with Crippen LogP contribution in [0.25, 0.3) is 0 Å². The minimum atomic E-state index is 0.525. The highest BCUT2D eigenvalue weighted by atomic mass is 16.5. The fourth-order valence-electron chi connectivity index (χ4n) is 2.49. The second kappa shape index (κ2) is 5.87. The van der Waals surface area contributed by atoms with Crippen LogP contribution in [0.2, 0.25) is 0 Å². The molecule has 0 spiro atoms. The molecule has 0 radical (unpaired) electrons. The van der Waals surface area contributed by atoms with Gasteiger partial charge < -0.3 is 10.1 Å². The molecule has 17 heavy (non-hydrogen) atoms. The Bertz CT molecular complexity index is 387. The Kier molecular flexibility index (Phi) is 4.21. The van der Waals surface area contributed by atoms with Crippen molar-refractivity contribution in [2.75, 3.05) is 13.2 Å². The lowest BCUT2D eigenvalue weighted by Crippen LogP contribution is -2.24. The third-order valence-electron chi connectivity index (χ3n) is 3.25. The summed E-state index contributed by atoms with van der Waals surface area (Å²) in [7, 11) is 0. The molecule has 0 aliphatic heterocycles. The number of ether oxygens (including phenoxy) is 1. The molecule has 1 aromatic carbocycles. The number of hydrogen-bond donors (Lipinski definition) is 1. The number of fused-ring (bicyclic) bond motifs is 1. The van der Waals surface area contributed by atoms with Gasteiger partial charge in [0.2, 0.25) is 0 Å². The van der Waals surface area contributed by atoms with Crippen LogP contribution in [0.3, 0.4) is 0 Å².